The first kappa shape index (κ1) is 19.9. The van der Waals surface area contributed by atoms with Gasteiger partial charge in [0.25, 0.3) is 5.91 Å². The van der Waals surface area contributed by atoms with Gasteiger partial charge in [-0.1, -0.05) is 24.3 Å². The number of nitrogens with zero attached hydrogens (tertiary/aromatic N) is 3. The van der Waals surface area contributed by atoms with Crippen molar-refractivity contribution in [2.24, 2.45) is 4.99 Å². The predicted octanol–water partition coefficient (Wildman–Crippen LogP) is 1.74. The minimum atomic E-state index is -0.572. The molecule has 2 heterocycles. The van der Waals surface area contributed by atoms with Crippen molar-refractivity contribution in [2.45, 2.75) is 26.2 Å². The number of carbonyl (C=O) groups excluding carboxylic acids is 2. The van der Waals surface area contributed by atoms with Gasteiger partial charge in [-0.25, -0.2) is 9.88 Å². The number of pyridine rings is 1. The number of carbonyl (C=O) groups is 2. The second kappa shape index (κ2) is 9.37. The summed E-state index contributed by atoms with van der Waals surface area (Å²) in [6.07, 6.45) is 4.25. The maximum atomic E-state index is 13.1. The molecule has 0 spiro atoms. The number of aliphatic imine (C=N–C) groups is 1. The van der Waals surface area contributed by atoms with Crippen molar-refractivity contribution in [3.8, 4) is 0 Å². The molecule has 1 N–H and O–H groups in total. The zero-order chi connectivity index (χ0) is 19.9. The second-order valence-corrected chi connectivity index (χ2v) is 6.85. The highest BCUT2D eigenvalue weighted by Gasteiger charge is 2.39. The fourth-order valence-corrected chi connectivity index (χ4v) is 3.51. The Morgan fingerprint density at radius 2 is 1.86 bits per heavy atom. The largest absolute Gasteiger partial charge is 0.335 e. The molecule has 1 aromatic heterocycles. The first-order valence-electron chi connectivity index (χ1n) is 9.89. The summed E-state index contributed by atoms with van der Waals surface area (Å²) in [4.78, 5) is 37.5. The van der Waals surface area contributed by atoms with Crippen molar-refractivity contribution in [3.05, 3.63) is 59.8 Å². The highest BCUT2D eigenvalue weighted by molar-refractivity contribution is 6.28. The topological polar surface area (TPSA) is 67.1 Å². The fraction of sp³-hybridized carbons (Fsp3) is 0.364. The van der Waals surface area contributed by atoms with E-state index in [1.165, 1.54) is 4.90 Å². The van der Waals surface area contributed by atoms with Crippen LogP contribution < -0.4 is 9.80 Å². The molecule has 146 valence electrons. The lowest BCUT2D eigenvalue weighted by molar-refractivity contribution is -0.896. The minimum absolute atomic E-state index is 0.305. The second-order valence-electron chi connectivity index (χ2n) is 6.85. The lowest BCUT2D eigenvalue weighted by Gasteiger charge is -2.30. The molecule has 3 rings (SSSR count). The van der Waals surface area contributed by atoms with Crippen LogP contribution >= 0.6 is 0 Å². The summed E-state index contributed by atoms with van der Waals surface area (Å²) < 4.78 is 0. The maximum absolute atomic E-state index is 13.1. The van der Waals surface area contributed by atoms with Gasteiger partial charge in [0.05, 0.1) is 25.6 Å². The molecular weight excluding hydrogens is 352 g/mol. The molecule has 0 fully saturated rings. The molecule has 0 saturated carbocycles. The molecule has 1 unspecified atom stereocenters. The first-order chi connectivity index (χ1) is 13.7. The highest BCUT2D eigenvalue weighted by atomic mass is 16.2. The molecule has 2 aromatic rings. The van der Waals surface area contributed by atoms with Crippen molar-refractivity contribution in [1.82, 2.24) is 4.98 Å². The average molecular weight is 379 g/mol. The van der Waals surface area contributed by atoms with Gasteiger partial charge in [-0.2, -0.15) is 0 Å². The van der Waals surface area contributed by atoms with E-state index in [-0.39, 0.29) is 11.8 Å². The van der Waals surface area contributed by atoms with Crippen LogP contribution in [0, 0.1) is 0 Å². The van der Waals surface area contributed by atoms with Gasteiger partial charge in [-0.05, 0) is 37.6 Å². The summed E-state index contributed by atoms with van der Waals surface area (Å²) in [5.41, 5.74) is 1.24. The summed E-state index contributed by atoms with van der Waals surface area (Å²) in [7, 11) is 0. The molecule has 1 aliphatic heterocycles. The van der Waals surface area contributed by atoms with E-state index >= 15 is 0 Å². The Hall–Kier alpha value is -2.86. The lowest BCUT2D eigenvalue weighted by Crippen LogP contribution is -3.11. The third-order valence-electron chi connectivity index (χ3n) is 5.17. The van der Waals surface area contributed by atoms with E-state index in [2.05, 4.69) is 23.8 Å². The molecule has 0 aliphatic carbocycles. The monoisotopic (exact) mass is 379 g/mol. The van der Waals surface area contributed by atoms with E-state index < -0.39 is 5.92 Å². The number of quaternary nitrogens is 1. The van der Waals surface area contributed by atoms with Crippen LogP contribution in [0.1, 0.15) is 42.1 Å². The lowest BCUT2D eigenvalue weighted by atomic mass is 9.89. The Balaban J connectivity index is 1.81. The van der Waals surface area contributed by atoms with Crippen LogP contribution in [-0.2, 0) is 4.79 Å². The number of imide groups is 1. The van der Waals surface area contributed by atoms with Gasteiger partial charge in [0.2, 0.25) is 5.91 Å². The van der Waals surface area contributed by atoms with Gasteiger partial charge in [-0.3, -0.25) is 14.6 Å². The van der Waals surface area contributed by atoms with Gasteiger partial charge < -0.3 is 4.90 Å². The Morgan fingerprint density at radius 3 is 2.57 bits per heavy atom. The zero-order valence-electron chi connectivity index (χ0n) is 16.5. The third kappa shape index (κ3) is 4.17. The van der Waals surface area contributed by atoms with Crippen molar-refractivity contribution < 1.29 is 14.5 Å². The number of nitrogens with one attached hydrogen (secondary N) is 1. The molecular formula is C22H27N4O2+. The predicted molar refractivity (Wildman–Crippen MR) is 110 cm³/mol. The first-order valence-corrected chi connectivity index (χ1v) is 9.89. The Kier molecular flexibility index (Phi) is 6.66. The Morgan fingerprint density at radius 1 is 1.11 bits per heavy atom. The molecule has 2 amide bonds. The number of rotatable bonds is 8. The molecule has 6 nitrogen and oxygen atoms in total. The van der Waals surface area contributed by atoms with Gasteiger partial charge in [-0.15, -0.1) is 0 Å². The summed E-state index contributed by atoms with van der Waals surface area (Å²) in [6.45, 7) is 8.32. The summed E-state index contributed by atoms with van der Waals surface area (Å²) in [5.74, 6) is -0.873. The smallest absolute Gasteiger partial charge is 0.266 e. The molecule has 0 radical (unpaired) electrons. The molecule has 1 aliphatic rings. The third-order valence-corrected chi connectivity index (χ3v) is 5.17. The van der Waals surface area contributed by atoms with Crippen LogP contribution in [0.5, 0.6) is 0 Å². The molecule has 6 heteroatoms. The fourth-order valence-electron chi connectivity index (χ4n) is 3.51. The number of hydrogen-bond donors (Lipinski definition) is 1. The van der Waals surface area contributed by atoms with Crippen LogP contribution in [0.4, 0.5) is 5.82 Å². The number of fused-ring (bicyclic) bond motifs is 1. The SMILES string of the molecule is CC[NH+](CC)CCCN=CC1C(=O)N(c2ccccn2)C(=O)c2ccccc21. The van der Waals surface area contributed by atoms with Crippen LogP contribution in [0.2, 0.25) is 0 Å². The number of hydrogen-bond acceptors (Lipinski definition) is 4. The van der Waals surface area contributed by atoms with Crippen molar-refractivity contribution >= 4 is 23.8 Å². The molecule has 0 bridgehead atoms. The standard InChI is InChI=1S/C22H26N4O2/c1-3-25(4-2)15-9-13-23-16-19-17-10-5-6-11-18(17)21(27)26(22(19)28)20-12-7-8-14-24-20/h5-8,10-12,14,16,19H,3-4,9,13,15H2,1-2H3/p+1. The van der Waals surface area contributed by atoms with Gasteiger partial charge in [0.1, 0.15) is 5.82 Å². The highest BCUT2D eigenvalue weighted by Crippen LogP contribution is 2.30. The van der Waals surface area contributed by atoms with E-state index in [9.17, 15) is 9.59 Å². The number of amides is 2. The molecule has 1 aromatic carbocycles. The van der Waals surface area contributed by atoms with Crippen LogP contribution in [0.25, 0.3) is 0 Å². The maximum Gasteiger partial charge on any atom is 0.266 e. The number of benzene rings is 1. The van der Waals surface area contributed by atoms with E-state index in [1.54, 1.807) is 41.6 Å². The van der Waals surface area contributed by atoms with Gasteiger partial charge >= 0.3 is 0 Å². The minimum Gasteiger partial charge on any atom is -0.335 e. The van der Waals surface area contributed by atoms with Crippen LogP contribution in [0.3, 0.4) is 0 Å². The van der Waals surface area contributed by atoms with Gasteiger partial charge in [0.15, 0.2) is 0 Å². The van der Waals surface area contributed by atoms with Crippen molar-refractivity contribution in [1.29, 1.82) is 0 Å². The normalized spacial score (nSPS) is 16.8. The Bertz CT molecular complexity index is 847. The van der Waals surface area contributed by atoms with E-state index in [0.717, 1.165) is 26.1 Å². The van der Waals surface area contributed by atoms with Crippen LogP contribution in [-0.4, -0.2) is 49.2 Å². The van der Waals surface area contributed by atoms with E-state index in [1.807, 2.05) is 18.2 Å². The van der Waals surface area contributed by atoms with Crippen LogP contribution in [0.15, 0.2) is 53.7 Å². The molecule has 28 heavy (non-hydrogen) atoms. The summed E-state index contributed by atoms with van der Waals surface area (Å²) in [5, 5.41) is 0. The molecule has 1 atom stereocenters. The number of aromatic nitrogens is 1. The zero-order valence-corrected chi connectivity index (χ0v) is 16.5. The average Bonchev–Trinajstić information content (AvgIpc) is 2.73. The van der Waals surface area contributed by atoms with Gasteiger partial charge in [0, 0.05) is 30.9 Å². The quantitative estimate of drug-likeness (QED) is 0.432. The van der Waals surface area contributed by atoms with Crippen molar-refractivity contribution in [3.63, 3.8) is 0 Å². The summed E-state index contributed by atoms with van der Waals surface area (Å²) in [6, 6.07) is 12.4. The number of anilines is 1. The Labute approximate surface area is 165 Å². The summed E-state index contributed by atoms with van der Waals surface area (Å²) >= 11 is 0. The van der Waals surface area contributed by atoms with E-state index in [4.69, 9.17) is 0 Å². The van der Waals surface area contributed by atoms with E-state index in [0.29, 0.717) is 23.5 Å². The molecule has 0 saturated heterocycles. The van der Waals surface area contributed by atoms with Crippen molar-refractivity contribution in [2.75, 3.05) is 31.1 Å².